The second-order valence-corrected chi connectivity index (χ2v) is 9.34. The Morgan fingerprint density at radius 2 is 2.06 bits per heavy atom. The SMILES string of the molecule is COC(=O)c1sc2nc(CN(Cc3ccco3)CC(O)COc3ccc(Cl)cc3)[nH]c(=O)c2c1C. The third kappa shape index (κ3) is 6.09. The molecule has 1 aromatic carbocycles. The number of ether oxygens (including phenoxy) is 2. The van der Waals surface area contributed by atoms with Crippen LogP contribution in [0.5, 0.6) is 5.75 Å². The zero-order chi connectivity index (χ0) is 24.9. The minimum Gasteiger partial charge on any atom is -0.491 e. The number of carbonyl (C=O) groups excluding carboxylic acids is 1. The van der Waals surface area contributed by atoms with Crippen LogP contribution in [0.1, 0.15) is 26.8 Å². The van der Waals surface area contributed by atoms with E-state index in [4.69, 9.17) is 25.5 Å². The predicted molar refractivity (Wildman–Crippen MR) is 132 cm³/mol. The van der Waals surface area contributed by atoms with Crippen molar-refractivity contribution in [2.45, 2.75) is 26.1 Å². The smallest absolute Gasteiger partial charge is 0.348 e. The van der Waals surface area contributed by atoms with Gasteiger partial charge in [-0.05, 0) is 48.9 Å². The maximum Gasteiger partial charge on any atom is 0.348 e. The van der Waals surface area contributed by atoms with Gasteiger partial charge < -0.3 is 24.0 Å². The lowest BCUT2D eigenvalue weighted by Gasteiger charge is -2.24. The number of thiophene rings is 1. The van der Waals surface area contributed by atoms with Crippen LogP contribution in [0, 0.1) is 6.92 Å². The van der Waals surface area contributed by atoms with E-state index in [9.17, 15) is 14.7 Å². The van der Waals surface area contributed by atoms with Crippen molar-refractivity contribution in [3.8, 4) is 5.75 Å². The van der Waals surface area contributed by atoms with Crippen LogP contribution in [0.15, 0.2) is 51.9 Å². The average molecular weight is 518 g/mol. The first-order chi connectivity index (χ1) is 16.8. The van der Waals surface area contributed by atoms with Gasteiger partial charge in [0, 0.05) is 11.6 Å². The Bertz CT molecular complexity index is 1350. The Balaban J connectivity index is 1.52. The number of rotatable bonds is 10. The van der Waals surface area contributed by atoms with Crippen LogP contribution in [0.3, 0.4) is 0 Å². The summed E-state index contributed by atoms with van der Waals surface area (Å²) < 4.78 is 15.9. The number of benzene rings is 1. The molecule has 11 heteroatoms. The van der Waals surface area contributed by atoms with Crippen molar-refractivity contribution in [3.63, 3.8) is 0 Å². The quantitative estimate of drug-likeness (QED) is 0.305. The number of aryl methyl sites for hydroxylation is 1. The summed E-state index contributed by atoms with van der Waals surface area (Å²) in [6.45, 7) is 2.60. The Hall–Kier alpha value is -3.18. The summed E-state index contributed by atoms with van der Waals surface area (Å²) in [6, 6.07) is 10.5. The van der Waals surface area contributed by atoms with E-state index in [1.165, 1.54) is 7.11 Å². The number of aliphatic hydroxyl groups excluding tert-OH is 1. The number of furan rings is 1. The maximum atomic E-state index is 12.8. The van der Waals surface area contributed by atoms with Crippen LogP contribution in [-0.2, 0) is 17.8 Å². The van der Waals surface area contributed by atoms with Crippen molar-refractivity contribution in [2.75, 3.05) is 20.3 Å². The Morgan fingerprint density at radius 3 is 2.74 bits per heavy atom. The highest BCUT2D eigenvalue weighted by atomic mass is 35.5. The molecule has 0 aliphatic rings. The second kappa shape index (κ2) is 11.0. The molecule has 4 rings (SSSR count). The number of esters is 1. The number of carbonyl (C=O) groups is 1. The molecule has 184 valence electrons. The molecule has 0 amide bonds. The van der Waals surface area contributed by atoms with E-state index >= 15 is 0 Å². The lowest BCUT2D eigenvalue weighted by molar-refractivity contribution is 0.0594. The lowest BCUT2D eigenvalue weighted by Crippen LogP contribution is -2.35. The average Bonchev–Trinajstić information content (AvgIpc) is 3.46. The van der Waals surface area contributed by atoms with Gasteiger partial charge in [-0.25, -0.2) is 9.78 Å². The fourth-order valence-electron chi connectivity index (χ4n) is 3.64. The van der Waals surface area contributed by atoms with E-state index in [1.54, 1.807) is 43.5 Å². The number of hydrogen-bond acceptors (Lipinski definition) is 9. The second-order valence-electron chi connectivity index (χ2n) is 7.91. The van der Waals surface area contributed by atoms with E-state index in [0.717, 1.165) is 11.3 Å². The van der Waals surface area contributed by atoms with Crippen molar-refractivity contribution in [3.05, 3.63) is 80.1 Å². The summed E-state index contributed by atoms with van der Waals surface area (Å²) in [5, 5.41) is 11.6. The molecule has 9 nitrogen and oxygen atoms in total. The van der Waals surface area contributed by atoms with Crippen LogP contribution in [-0.4, -0.2) is 52.3 Å². The zero-order valence-electron chi connectivity index (χ0n) is 19.1. The minimum atomic E-state index is -0.828. The molecular weight excluding hydrogens is 494 g/mol. The standard InChI is InChI=1S/C24H24ClN3O6S/c1-14-20-22(30)26-19(27-23(20)35-21(14)24(31)32-2)12-28(11-18-4-3-9-33-18)10-16(29)13-34-17-7-5-15(25)6-8-17/h3-9,16,29H,10-13H2,1-2H3,(H,26,27,30). The van der Waals surface area contributed by atoms with E-state index in [-0.39, 0.29) is 25.3 Å². The fraction of sp³-hybridized carbons (Fsp3) is 0.292. The van der Waals surface area contributed by atoms with Crippen molar-refractivity contribution < 1.29 is 23.8 Å². The van der Waals surface area contributed by atoms with Crippen LogP contribution in [0.4, 0.5) is 0 Å². The van der Waals surface area contributed by atoms with Gasteiger partial charge in [0.2, 0.25) is 0 Å². The molecular formula is C24H24ClN3O6S. The maximum absolute atomic E-state index is 12.8. The number of aromatic nitrogens is 2. The van der Waals surface area contributed by atoms with E-state index in [1.807, 2.05) is 11.0 Å². The largest absolute Gasteiger partial charge is 0.491 e. The number of nitrogens with one attached hydrogen (secondary N) is 1. The Kier molecular flexibility index (Phi) is 7.86. The third-order valence-corrected chi connectivity index (χ3v) is 6.70. The number of aliphatic hydroxyl groups is 1. The molecule has 0 fully saturated rings. The first-order valence-corrected chi connectivity index (χ1v) is 11.9. The molecule has 2 N–H and O–H groups in total. The molecule has 3 aromatic heterocycles. The van der Waals surface area contributed by atoms with Crippen molar-refractivity contribution in [1.29, 1.82) is 0 Å². The highest BCUT2D eigenvalue weighted by molar-refractivity contribution is 7.20. The molecule has 0 spiro atoms. The molecule has 3 heterocycles. The van der Waals surface area contributed by atoms with Crippen molar-refractivity contribution >= 4 is 39.1 Å². The lowest BCUT2D eigenvalue weighted by atomic mass is 10.2. The van der Waals surface area contributed by atoms with Gasteiger partial charge in [-0.2, -0.15) is 0 Å². The van der Waals surface area contributed by atoms with Crippen LogP contribution < -0.4 is 10.3 Å². The van der Waals surface area contributed by atoms with Gasteiger partial charge >= 0.3 is 5.97 Å². The van der Waals surface area contributed by atoms with E-state index in [0.29, 0.717) is 49.6 Å². The van der Waals surface area contributed by atoms with Crippen LogP contribution in [0.25, 0.3) is 10.2 Å². The molecule has 0 bridgehead atoms. The number of methoxy groups -OCH3 is 1. The Labute approximate surface area is 209 Å². The first-order valence-electron chi connectivity index (χ1n) is 10.8. The van der Waals surface area contributed by atoms with Gasteiger partial charge in [0.05, 0.1) is 31.8 Å². The number of hydrogen-bond donors (Lipinski definition) is 2. The molecule has 0 aliphatic heterocycles. The first kappa shape index (κ1) is 24.9. The summed E-state index contributed by atoms with van der Waals surface area (Å²) >= 11 is 7.01. The number of aromatic amines is 1. The normalized spacial score (nSPS) is 12.3. The van der Waals surface area contributed by atoms with Gasteiger partial charge in [-0.1, -0.05) is 11.6 Å². The topological polar surface area (TPSA) is 118 Å². The fourth-order valence-corrected chi connectivity index (χ4v) is 4.89. The zero-order valence-corrected chi connectivity index (χ0v) is 20.7. The monoisotopic (exact) mass is 517 g/mol. The molecule has 0 saturated heterocycles. The molecule has 0 radical (unpaired) electrons. The number of H-pyrrole nitrogens is 1. The number of halogens is 1. The van der Waals surface area contributed by atoms with Crippen molar-refractivity contribution in [2.24, 2.45) is 0 Å². The number of fused-ring (bicyclic) bond motifs is 1. The minimum absolute atomic E-state index is 0.0614. The Morgan fingerprint density at radius 1 is 1.29 bits per heavy atom. The number of nitrogens with zero attached hydrogens (tertiary/aromatic N) is 2. The third-order valence-electron chi connectivity index (χ3n) is 5.28. The highest BCUT2D eigenvalue weighted by Crippen LogP contribution is 2.27. The molecule has 1 unspecified atom stereocenters. The summed E-state index contributed by atoms with van der Waals surface area (Å²) in [5.74, 6) is 1.18. The summed E-state index contributed by atoms with van der Waals surface area (Å²) in [7, 11) is 1.30. The van der Waals surface area contributed by atoms with Crippen LogP contribution in [0.2, 0.25) is 5.02 Å². The van der Waals surface area contributed by atoms with Gasteiger partial charge in [-0.15, -0.1) is 11.3 Å². The van der Waals surface area contributed by atoms with Crippen LogP contribution >= 0.6 is 22.9 Å². The van der Waals surface area contributed by atoms with E-state index < -0.39 is 12.1 Å². The summed E-state index contributed by atoms with van der Waals surface area (Å²) in [4.78, 5) is 34.9. The van der Waals surface area contributed by atoms with Gasteiger partial charge in [-0.3, -0.25) is 9.69 Å². The molecule has 0 aliphatic carbocycles. The highest BCUT2D eigenvalue weighted by Gasteiger charge is 2.21. The van der Waals surface area contributed by atoms with Gasteiger partial charge in [0.25, 0.3) is 5.56 Å². The molecule has 0 saturated carbocycles. The predicted octanol–water partition coefficient (Wildman–Crippen LogP) is 3.77. The van der Waals surface area contributed by atoms with Gasteiger partial charge in [0.15, 0.2) is 0 Å². The summed E-state index contributed by atoms with van der Waals surface area (Å²) in [6.07, 6.45) is 0.744. The molecule has 1 atom stereocenters. The molecule has 4 aromatic rings. The summed E-state index contributed by atoms with van der Waals surface area (Å²) in [5.41, 5.74) is 0.206. The molecule has 35 heavy (non-hydrogen) atoms. The van der Waals surface area contributed by atoms with Crippen molar-refractivity contribution in [1.82, 2.24) is 14.9 Å². The van der Waals surface area contributed by atoms with Gasteiger partial charge in [0.1, 0.15) is 39.8 Å². The van der Waals surface area contributed by atoms with E-state index in [2.05, 4.69) is 9.97 Å².